The Kier molecular flexibility index (Phi) is 4.29. The Labute approximate surface area is 93.4 Å². The van der Waals surface area contributed by atoms with Gasteiger partial charge in [-0.15, -0.1) is 0 Å². The van der Waals surface area contributed by atoms with Crippen LogP contribution in [-0.4, -0.2) is 54.3 Å². The minimum Gasteiger partial charge on any atom is -0.299 e. The van der Waals surface area contributed by atoms with E-state index in [0.717, 1.165) is 32.5 Å². The first kappa shape index (κ1) is 12.7. The zero-order valence-corrected chi connectivity index (χ0v) is 10.5. The summed E-state index contributed by atoms with van der Waals surface area (Å²) in [6, 6.07) is 0. The predicted octanol–water partition coefficient (Wildman–Crippen LogP) is 1.38. The summed E-state index contributed by atoms with van der Waals surface area (Å²) in [5, 5.41) is 0. The van der Waals surface area contributed by atoms with E-state index in [1.54, 1.807) is 0 Å². The molecule has 1 aliphatic heterocycles. The van der Waals surface area contributed by atoms with Gasteiger partial charge in [0.1, 0.15) is 5.78 Å². The second kappa shape index (κ2) is 5.08. The molecule has 0 atom stereocenters. The van der Waals surface area contributed by atoms with Crippen molar-refractivity contribution in [1.82, 2.24) is 9.80 Å². The lowest BCUT2D eigenvalue weighted by Gasteiger charge is -2.45. The van der Waals surface area contributed by atoms with Crippen LogP contribution in [0.3, 0.4) is 0 Å². The number of nitrogens with zero attached hydrogens (tertiary/aromatic N) is 2. The highest BCUT2D eigenvalue weighted by Crippen LogP contribution is 2.18. The van der Waals surface area contributed by atoms with Gasteiger partial charge in [-0.1, -0.05) is 6.92 Å². The molecule has 1 rings (SSSR count). The second-order valence-electron chi connectivity index (χ2n) is 5.23. The van der Waals surface area contributed by atoms with Crippen molar-refractivity contribution in [2.75, 3.05) is 33.2 Å². The van der Waals surface area contributed by atoms with E-state index < -0.39 is 0 Å². The lowest BCUT2D eigenvalue weighted by atomic mass is 9.99. The summed E-state index contributed by atoms with van der Waals surface area (Å²) in [7, 11) is 2.16. The number of hydrogen-bond acceptors (Lipinski definition) is 3. The molecule has 0 saturated carbocycles. The standard InChI is InChI=1S/C12H24N2O/c1-5-6-11(15)9-14-8-7-13(4)12(2,3)10-14/h5-10H2,1-4H3. The molecule has 3 nitrogen and oxygen atoms in total. The quantitative estimate of drug-likeness (QED) is 0.703. The zero-order chi connectivity index (χ0) is 11.5. The summed E-state index contributed by atoms with van der Waals surface area (Å²) < 4.78 is 0. The third kappa shape index (κ3) is 3.58. The Hall–Kier alpha value is -0.410. The highest BCUT2D eigenvalue weighted by atomic mass is 16.1. The monoisotopic (exact) mass is 212 g/mol. The van der Waals surface area contributed by atoms with Gasteiger partial charge >= 0.3 is 0 Å². The number of likely N-dealkylation sites (N-methyl/N-ethyl adjacent to an activating group) is 1. The smallest absolute Gasteiger partial charge is 0.146 e. The first-order chi connectivity index (χ1) is 6.95. The van der Waals surface area contributed by atoms with Crippen molar-refractivity contribution in [3.05, 3.63) is 0 Å². The molecule has 0 N–H and O–H groups in total. The number of carbonyl (C=O) groups is 1. The van der Waals surface area contributed by atoms with Crippen molar-refractivity contribution in [2.45, 2.75) is 39.2 Å². The molecule has 1 saturated heterocycles. The fourth-order valence-corrected chi connectivity index (χ4v) is 2.08. The van der Waals surface area contributed by atoms with Gasteiger partial charge in [-0.05, 0) is 27.3 Å². The van der Waals surface area contributed by atoms with Gasteiger partial charge < -0.3 is 0 Å². The number of ketones is 1. The molecule has 1 aliphatic rings. The van der Waals surface area contributed by atoms with Crippen LogP contribution in [0.1, 0.15) is 33.6 Å². The molecule has 15 heavy (non-hydrogen) atoms. The molecule has 0 unspecified atom stereocenters. The maximum atomic E-state index is 11.5. The van der Waals surface area contributed by atoms with Gasteiger partial charge in [0.15, 0.2) is 0 Å². The van der Waals surface area contributed by atoms with Crippen LogP contribution < -0.4 is 0 Å². The van der Waals surface area contributed by atoms with Gasteiger partial charge in [0.25, 0.3) is 0 Å². The van der Waals surface area contributed by atoms with Gasteiger partial charge in [-0.3, -0.25) is 14.6 Å². The summed E-state index contributed by atoms with van der Waals surface area (Å²) in [6.45, 7) is 10.3. The average molecular weight is 212 g/mol. The van der Waals surface area contributed by atoms with Crippen LogP contribution in [0.25, 0.3) is 0 Å². The van der Waals surface area contributed by atoms with Crippen LogP contribution in [0.4, 0.5) is 0 Å². The Morgan fingerprint density at radius 1 is 1.33 bits per heavy atom. The minimum absolute atomic E-state index is 0.199. The van der Waals surface area contributed by atoms with Crippen molar-refractivity contribution in [2.24, 2.45) is 0 Å². The fourth-order valence-electron chi connectivity index (χ4n) is 2.08. The van der Waals surface area contributed by atoms with Gasteiger partial charge in [0.2, 0.25) is 0 Å². The molecule has 3 heteroatoms. The van der Waals surface area contributed by atoms with E-state index in [0.29, 0.717) is 12.3 Å². The molecular weight excluding hydrogens is 188 g/mol. The highest BCUT2D eigenvalue weighted by molar-refractivity contribution is 5.80. The Morgan fingerprint density at radius 3 is 2.53 bits per heavy atom. The molecule has 0 radical (unpaired) electrons. The van der Waals surface area contributed by atoms with Gasteiger partial charge in [0.05, 0.1) is 6.54 Å². The van der Waals surface area contributed by atoms with E-state index in [4.69, 9.17) is 0 Å². The molecule has 0 amide bonds. The first-order valence-electron chi connectivity index (χ1n) is 5.91. The third-order valence-corrected chi connectivity index (χ3v) is 3.32. The normalized spacial score (nSPS) is 22.9. The number of Topliss-reactive ketones (excluding diaryl/α,β-unsaturated/α-hetero) is 1. The van der Waals surface area contributed by atoms with E-state index in [1.165, 1.54) is 0 Å². The van der Waals surface area contributed by atoms with E-state index in [-0.39, 0.29) is 5.54 Å². The van der Waals surface area contributed by atoms with Crippen molar-refractivity contribution in [1.29, 1.82) is 0 Å². The summed E-state index contributed by atoms with van der Waals surface area (Å²) in [4.78, 5) is 16.2. The van der Waals surface area contributed by atoms with E-state index in [9.17, 15) is 4.79 Å². The fraction of sp³-hybridized carbons (Fsp3) is 0.917. The molecule has 0 bridgehead atoms. The Balaban J connectivity index is 2.42. The van der Waals surface area contributed by atoms with Crippen molar-refractivity contribution >= 4 is 5.78 Å². The van der Waals surface area contributed by atoms with E-state index in [1.807, 2.05) is 0 Å². The topological polar surface area (TPSA) is 23.6 Å². The molecule has 0 aromatic heterocycles. The number of carbonyl (C=O) groups excluding carboxylic acids is 1. The third-order valence-electron chi connectivity index (χ3n) is 3.32. The van der Waals surface area contributed by atoms with Crippen LogP contribution in [-0.2, 0) is 4.79 Å². The summed E-state index contributed by atoms with van der Waals surface area (Å²) >= 11 is 0. The van der Waals surface area contributed by atoms with Crippen LogP contribution in [0.15, 0.2) is 0 Å². The van der Waals surface area contributed by atoms with E-state index >= 15 is 0 Å². The maximum Gasteiger partial charge on any atom is 0.146 e. The van der Waals surface area contributed by atoms with Gasteiger partial charge in [0, 0.05) is 31.6 Å². The SMILES string of the molecule is CCCC(=O)CN1CCN(C)C(C)(C)C1. The minimum atomic E-state index is 0.199. The maximum absolute atomic E-state index is 11.5. The molecule has 88 valence electrons. The Bertz CT molecular complexity index is 226. The van der Waals surface area contributed by atoms with Crippen LogP contribution in [0.2, 0.25) is 0 Å². The van der Waals surface area contributed by atoms with Gasteiger partial charge in [-0.25, -0.2) is 0 Å². The second-order valence-corrected chi connectivity index (χ2v) is 5.23. The molecule has 1 fully saturated rings. The zero-order valence-electron chi connectivity index (χ0n) is 10.5. The van der Waals surface area contributed by atoms with Crippen molar-refractivity contribution in [3.8, 4) is 0 Å². The molecule has 0 aliphatic carbocycles. The van der Waals surface area contributed by atoms with Crippen molar-refractivity contribution < 1.29 is 4.79 Å². The molecule has 0 aromatic carbocycles. The highest BCUT2D eigenvalue weighted by Gasteiger charge is 2.31. The number of hydrogen-bond donors (Lipinski definition) is 0. The first-order valence-corrected chi connectivity index (χ1v) is 5.91. The molecular formula is C12H24N2O. The largest absolute Gasteiger partial charge is 0.299 e. The average Bonchev–Trinajstić information content (AvgIpc) is 2.11. The molecule has 1 heterocycles. The summed E-state index contributed by atoms with van der Waals surface area (Å²) in [6.07, 6.45) is 1.70. The lowest BCUT2D eigenvalue weighted by Crippen LogP contribution is -2.58. The van der Waals surface area contributed by atoms with Gasteiger partial charge in [-0.2, -0.15) is 0 Å². The van der Waals surface area contributed by atoms with Crippen LogP contribution in [0, 0.1) is 0 Å². The van der Waals surface area contributed by atoms with E-state index in [2.05, 4.69) is 37.6 Å². The van der Waals surface area contributed by atoms with Crippen LogP contribution >= 0.6 is 0 Å². The molecule has 0 spiro atoms. The molecule has 0 aromatic rings. The number of rotatable bonds is 4. The predicted molar refractivity (Wildman–Crippen MR) is 63.1 cm³/mol. The van der Waals surface area contributed by atoms with Crippen molar-refractivity contribution in [3.63, 3.8) is 0 Å². The summed E-state index contributed by atoms with van der Waals surface area (Å²) in [5.41, 5.74) is 0.199. The number of piperazine rings is 1. The Morgan fingerprint density at radius 2 is 2.00 bits per heavy atom. The van der Waals surface area contributed by atoms with Crippen LogP contribution in [0.5, 0.6) is 0 Å². The lowest BCUT2D eigenvalue weighted by molar-refractivity contribution is -0.121. The summed E-state index contributed by atoms with van der Waals surface area (Å²) in [5.74, 6) is 0.387.